The first kappa shape index (κ1) is 13.4. The highest BCUT2D eigenvalue weighted by molar-refractivity contribution is 5.87. The fourth-order valence-corrected chi connectivity index (χ4v) is 3.00. The summed E-state index contributed by atoms with van der Waals surface area (Å²) in [6, 6.07) is 8.56. The molecule has 5 nitrogen and oxygen atoms in total. The molecule has 1 aliphatic carbocycles. The molecule has 1 N–H and O–H groups in total. The molecule has 1 unspecified atom stereocenters. The monoisotopic (exact) mass is 285 g/mol. The van der Waals surface area contributed by atoms with Gasteiger partial charge in [0.1, 0.15) is 11.3 Å². The lowest BCUT2D eigenvalue weighted by molar-refractivity contribution is 0.0694. The van der Waals surface area contributed by atoms with E-state index in [1.54, 1.807) is 19.4 Å². The minimum atomic E-state index is -1.20. The highest BCUT2D eigenvalue weighted by Crippen LogP contribution is 2.38. The number of rotatable bonds is 3. The number of hydrogen-bond acceptors (Lipinski definition) is 3. The van der Waals surface area contributed by atoms with Crippen molar-refractivity contribution in [3.63, 3.8) is 0 Å². The van der Waals surface area contributed by atoms with E-state index >= 15 is 0 Å². The number of nitrogens with zero attached hydrogens (tertiary/aromatic N) is 1. The average molecular weight is 285 g/mol. The Hall–Kier alpha value is -2.56. The van der Waals surface area contributed by atoms with Crippen LogP contribution in [-0.2, 0) is 6.42 Å². The second kappa shape index (κ2) is 5.09. The first-order valence-electron chi connectivity index (χ1n) is 6.73. The van der Waals surface area contributed by atoms with E-state index in [0.29, 0.717) is 0 Å². The molecule has 2 aromatic rings. The van der Waals surface area contributed by atoms with Gasteiger partial charge < -0.3 is 14.4 Å². The van der Waals surface area contributed by atoms with Crippen LogP contribution in [0.3, 0.4) is 0 Å². The summed E-state index contributed by atoms with van der Waals surface area (Å²) in [7, 11) is 1.63. The highest BCUT2D eigenvalue weighted by atomic mass is 16.5. The Balaban J connectivity index is 2.12. The standard InChI is InChI=1S/C16H15NO4/c1-21-14-6-2-4-10-11(14)7-8-13(10)17-9-3-5-12(15(17)18)16(19)20/h2-6,9,13H,7-8H2,1H3,(H,19,20). The number of carboxylic acids is 1. The maximum Gasteiger partial charge on any atom is 0.341 e. The normalized spacial score (nSPS) is 16.5. The summed E-state index contributed by atoms with van der Waals surface area (Å²) in [6.07, 6.45) is 3.22. The molecule has 5 heteroatoms. The van der Waals surface area contributed by atoms with Gasteiger partial charge in [-0.1, -0.05) is 12.1 Å². The summed E-state index contributed by atoms with van der Waals surface area (Å²) < 4.78 is 6.86. The van der Waals surface area contributed by atoms with Crippen molar-refractivity contribution in [2.75, 3.05) is 7.11 Å². The molecular weight excluding hydrogens is 270 g/mol. The largest absolute Gasteiger partial charge is 0.496 e. The summed E-state index contributed by atoms with van der Waals surface area (Å²) in [5, 5.41) is 9.08. The number of carboxylic acid groups (broad SMARTS) is 1. The van der Waals surface area contributed by atoms with Gasteiger partial charge >= 0.3 is 5.97 Å². The molecule has 3 rings (SSSR count). The second-order valence-corrected chi connectivity index (χ2v) is 5.02. The van der Waals surface area contributed by atoms with E-state index in [1.165, 1.54) is 10.6 Å². The lowest BCUT2D eigenvalue weighted by Gasteiger charge is -2.16. The molecule has 0 saturated heterocycles. The van der Waals surface area contributed by atoms with Gasteiger partial charge in [0.2, 0.25) is 0 Å². The Morgan fingerprint density at radius 1 is 1.33 bits per heavy atom. The van der Waals surface area contributed by atoms with Gasteiger partial charge in [-0.2, -0.15) is 0 Å². The van der Waals surface area contributed by atoms with Gasteiger partial charge in [-0.05, 0) is 42.2 Å². The zero-order chi connectivity index (χ0) is 15.0. The van der Waals surface area contributed by atoms with E-state index in [2.05, 4.69) is 0 Å². The smallest absolute Gasteiger partial charge is 0.341 e. The molecule has 0 bridgehead atoms. The molecular formula is C16H15NO4. The van der Waals surface area contributed by atoms with Crippen LogP contribution in [0.5, 0.6) is 5.75 Å². The molecule has 108 valence electrons. The first-order valence-corrected chi connectivity index (χ1v) is 6.73. The minimum absolute atomic E-state index is 0.137. The number of pyridine rings is 1. The van der Waals surface area contributed by atoms with Crippen molar-refractivity contribution in [2.45, 2.75) is 18.9 Å². The van der Waals surface area contributed by atoms with E-state index in [4.69, 9.17) is 9.84 Å². The van der Waals surface area contributed by atoms with Gasteiger partial charge in [0.05, 0.1) is 13.2 Å². The topological polar surface area (TPSA) is 68.5 Å². The predicted molar refractivity (Wildman–Crippen MR) is 77.1 cm³/mol. The third-order valence-corrected chi connectivity index (χ3v) is 3.96. The molecule has 21 heavy (non-hydrogen) atoms. The fourth-order valence-electron chi connectivity index (χ4n) is 3.00. The second-order valence-electron chi connectivity index (χ2n) is 5.02. The van der Waals surface area contributed by atoms with Crippen LogP contribution in [0.25, 0.3) is 0 Å². The van der Waals surface area contributed by atoms with Crippen LogP contribution in [0, 0.1) is 0 Å². The Bertz CT molecular complexity index is 763. The summed E-state index contributed by atoms with van der Waals surface area (Å²) in [6.45, 7) is 0. The summed E-state index contributed by atoms with van der Waals surface area (Å²) >= 11 is 0. The zero-order valence-electron chi connectivity index (χ0n) is 11.6. The summed E-state index contributed by atoms with van der Waals surface area (Å²) in [4.78, 5) is 23.4. The van der Waals surface area contributed by atoms with Crippen LogP contribution >= 0.6 is 0 Å². The molecule has 1 aromatic heterocycles. The van der Waals surface area contributed by atoms with Gasteiger partial charge in [-0.15, -0.1) is 0 Å². The van der Waals surface area contributed by atoms with Crippen LogP contribution in [-0.4, -0.2) is 22.8 Å². The van der Waals surface area contributed by atoms with Crippen molar-refractivity contribution in [1.82, 2.24) is 4.57 Å². The molecule has 0 amide bonds. The van der Waals surface area contributed by atoms with E-state index in [-0.39, 0.29) is 11.6 Å². The van der Waals surface area contributed by atoms with Crippen molar-refractivity contribution in [3.05, 3.63) is 63.6 Å². The number of ether oxygens (including phenoxy) is 1. The molecule has 0 radical (unpaired) electrons. The van der Waals surface area contributed by atoms with Crippen LogP contribution < -0.4 is 10.3 Å². The zero-order valence-corrected chi connectivity index (χ0v) is 11.6. The first-order chi connectivity index (χ1) is 10.1. The maximum atomic E-state index is 12.3. The third-order valence-electron chi connectivity index (χ3n) is 3.96. The number of hydrogen-bond donors (Lipinski definition) is 1. The van der Waals surface area contributed by atoms with Crippen LogP contribution in [0.2, 0.25) is 0 Å². The van der Waals surface area contributed by atoms with E-state index in [1.807, 2.05) is 18.2 Å². The Labute approximate surface area is 121 Å². The van der Waals surface area contributed by atoms with Crippen LogP contribution in [0.4, 0.5) is 0 Å². The molecule has 1 aliphatic rings. The molecule has 0 aliphatic heterocycles. The molecule has 1 atom stereocenters. The van der Waals surface area contributed by atoms with Crippen molar-refractivity contribution >= 4 is 5.97 Å². The fraction of sp³-hybridized carbons (Fsp3) is 0.250. The quantitative estimate of drug-likeness (QED) is 0.937. The minimum Gasteiger partial charge on any atom is -0.496 e. The van der Waals surface area contributed by atoms with Gasteiger partial charge in [0.25, 0.3) is 5.56 Å². The molecule has 0 spiro atoms. The number of fused-ring (bicyclic) bond motifs is 1. The van der Waals surface area contributed by atoms with Crippen LogP contribution in [0.1, 0.15) is 33.9 Å². The van der Waals surface area contributed by atoms with E-state index < -0.39 is 11.5 Å². The number of benzene rings is 1. The Morgan fingerprint density at radius 3 is 2.86 bits per heavy atom. The van der Waals surface area contributed by atoms with Gasteiger partial charge in [0, 0.05) is 6.20 Å². The van der Waals surface area contributed by atoms with Crippen molar-refractivity contribution in [1.29, 1.82) is 0 Å². The number of aromatic nitrogens is 1. The van der Waals surface area contributed by atoms with Crippen molar-refractivity contribution in [3.8, 4) is 5.75 Å². The summed E-state index contributed by atoms with van der Waals surface area (Å²) in [5.74, 6) is -0.379. The number of carbonyl (C=O) groups is 1. The lowest BCUT2D eigenvalue weighted by atomic mass is 10.1. The summed E-state index contributed by atoms with van der Waals surface area (Å²) in [5.41, 5.74) is 1.45. The average Bonchev–Trinajstić information content (AvgIpc) is 2.91. The lowest BCUT2D eigenvalue weighted by Crippen LogP contribution is -2.28. The van der Waals surface area contributed by atoms with Gasteiger partial charge in [-0.3, -0.25) is 4.79 Å². The Kier molecular flexibility index (Phi) is 3.25. The number of methoxy groups -OCH3 is 1. The molecule has 1 aromatic carbocycles. The SMILES string of the molecule is COc1cccc2c1CCC2n1cccc(C(=O)O)c1=O. The molecule has 0 fully saturated rings. The molecule has 0 saturated carbocycles. The van der Waals surface area contributed by atoms with Crippen molar-refractivity contribution < 1.29 is 14.6 Å². The van der Waals surface area contributed by atoms with Gasteiger partial charge in [0.15, 0.2) is 0 Å². The molecule has 1 heterocycles. The van der Waals surface area contributed by atoms with Crippen LogP contribution in [0.15, 0.2) is 41.3 Å². The Morgan fingerprint density at radius 2 is 2.14 bits per heavy atom. The highest BCUT2D eigenvalue weighted by Gasteiger charge is 2.27. The van der Waals surface area contributed by atoms with Crippen molar-refractivity contribution in [2.24, 2.45) is 0 Å². The van der Waals surface area contributed by atoms with E-state index in [0.717, 1.165) is 29.7 Å². The van der Waals surface area contributed by atoms with Gasteiger partial charge in [-0.25, -0.2) is 4.79 Å². The third kappa shape index (κ3) is 2.11. The van der Waals surface area contributed by atoms with E-state index in [9.17, 15) is 9.59 Å². The predicted octanol–water partition coefficient (Wildman–Crippen LogP) is 2.09. The number of aromatic carboxylic acids is 1. The maximum absolute atomic E-state index is 12.3.